The van der Waals surface area contributed by atoms with E-state index < -0.39 is 23.2 Å². The van der Waals surface area contributed by atoms with Gasteiger partial charge in [-0.1, -0.05) is 48.5 Å². The summed E-state index contributed by atoms with van der Waals surface area (Å²) >= 11 is 0. The molecule has 0 bridgehead atoms. The normalized spacial score (nSPS) is 22.4. The molecule has 3 aliphatic rings. The number of alkyl carbamates (subject to hydrolysis) is 1. The topological polar surface area (TPSA) is 105 Å². The van der Waals surface area contributed by atoms with E-state index in [1.807, 2.05) is 36.4 Å². The molecule has 2 aliphatic carbocycles. The van der Waals surface area contributed by atoms with Crippen LogP contribution in [0.15, 0.2) is 48.5 Å². The van der Waals surface area contributed by atoms with Crippen LogP contribution < -0.4 is 5.32 Å². The molecule has 2 aromatic rings. The third kappa shape index (κ3) is 3.72. The molecule has 1 saturated heterocycles. The first-order valence-electron chi connectivity index (χ1n) is 11.6. The number of carbonyl (C=O) groups excluding carboxylic acids is 2. The van der Waals surface area contributed by atoms with E-state index in [1.54, 1.807) is 0 Å². The van der Waals surface area contributed by atoms with Gasteiger partial charge in [0.2, 0.25) is 5.91 Å². The molecule has 5 rings (SSSR count). The Hall–Kier alpha value is -3.39. The lowest BCUT2D eigenvalue weighted by atomic mass is 9.92. The lowest BCUT2D eigenvalue weighted by Gasteiger charge is -2.40. The molecule has 1 aliphatic heterocycles. The van der Waals surface area contributed by atoms with Crippen LogP contribution >= 0.6 is 0 Å². The number of nitrogens with zero attached hydrogens (tertiary/aromatic N) is 1. The highest BCUT2D eigenvalue weighted by molar-refractivity contribution is 5.93. The van der Waals surface area contributed by atoms with E-state index in [-0.39, 0.29) is 25.0 Å². The fourth-order valence-electron chi connectivity index (χ4n) is 5.27. The molecule has 8 heteroatoms. The molecule has 8 nitrogen and oxygen atoms in total. The fraction of sp³-hybridized carbons (Fsp3) is 0.423. The van der Waals surface area contributed by atoms with Gasteiger partial charge in [0.05, 0.1) is 6.54 Å². The number of carboxylic acids is 1. The Labute approximate surface area is 197 Å². The van der Waals surface area contributed by atoms with Gasteiger partial charge in [0.15, 0.2) is 5.60 Å². The summed E-state index contributed by atoms with van der Waals surface area (Å²) in [5.41, 5.74) is 2.08. The van der Waals surface area contributed by atoms with Crippen molar-refractivity contribution in [1.29, 1.82) is 0 Å². The van der Waals surface area contributed by atoms with Crippen LogP contribution in [0.25, 0.3) is 11.1 Å². The van der Waals surface area contributed by atoms with Gasteiger partial charge in [-0.25, -0.2) is 9.59 Å². The number of rotatable bonds is 6. The molecule has 2 aromatic carbocycles. The van der Waals surface area contributed by atoms with Gasteiger partial charge < -0.3 is 24.8 Å². The minimum absolute atomic E-state index is 0.0359. The molecular formula is C26H28N2O6. The van der Waals surface area contributed by atoms with Crippen molar-refractivity contribution in [3.05, 3.63) is 59.7 Å². The van der Waals surface area contributed by atoms with Crippen molar-refractivity contribution in [3.63, 3.8) is 0 Å². The second-order valence-corrected chi connectivity index (χ2v) is 9.37. The van der Waals surface area contributed by atoms with Crippen LogP contribution in [0, 0.1) is 0 Å². The van der Waals surface area contributed by atoms with Crippen LogP contribution in [0.2, 0.25) is 0 Å². The maximum absolute atomic E-state index is 13.2. The lowest BCUT2D eigenvalue weighted by molar-refractivity contribution is -0.171. The van der Waals surface area contributed by atoms with Crippen molar-refractivity contribution in [1.82, 2.24) is 10.2 Å². The van der Waals surface area contributed by atoms with E-state index >= 15 is 0 Å². The van der Waals surface area contributed by atoms with Gasteiger partial charge in [0.25, 0.3) is 0 Å². The number of hydrogen-bond donors (Lipinski definition) is 2. The molecule has 1 unspecified atom stereocenters. The number of hydrogen-bond acceptors (Lipinski definition) is 5. The van der Waals surface area contributed by atoms with Crippen LogP contribution in [-0.2, 0) is 19.1 Å². The largest absolute Gasteiger partial charge is 0.479 e. The summed E-state index contributed by atoms with van der Waals surface area (Å²) in [6, 6.07) is 16.2. The third-order valence-electron chi connectivity index (χ3n) is 7.37. The molecule has 0 spiro atoms. The standard InChI is InChI=1S/C26H28N2O6/c1-33-26(23(30)31)11-6-14-28(16-26)22(29)25(12-13-25)27-24(32)34-15-21-19-9-4-2-7-17(19)18-8-3-5-10-20(18)21/h2-5,7-10,21H,6,11-16H2,1H3,(H,27,32)(H,30,31). The highest BCUT2D eigenvalue weighted by Crippen LogP contribution is 2.45. The summed E-state index contributed by atoms with van der Waals surface area (Å²) in [4.78, 5) is 39.2. The molecule has 1 saturated carbocycles. The smallest absolute Gasteiger partial charge is 0.408 e. The highest BCUT2D eigenvalue weighted by Gasteiger charge is 2.56. The second kappa shape index (κ2) is 8.43. The number of carbonyl (C=O) groups is 3. The zero-order valence-electron chi connectivity index (χ0n) is 19.1. The van der Waals surface area contributed by atoms with Crippen molar-refractivity contribution in [2.24, 2.45) is 0 Å². The molecule has 34 heavy (non-hydrogen) atoms. The number of aliphatic carboxylic acids is 1. The van der Waals surface area contributed by atoms with Gasteiger partial charge in [-0.05, 0) is 47.9 Å². The van der Waals surface area contributed by atoms with Crippen LogP contribution in [0.3, 0.4) is 0 Å². The summed E-state index contributed by atoms with van der Waals surface area (Å²) in [5.74, 6) is -1.42. The second-order valence-electron chi connectivity index (χ2n) is 9.37. The van der Waals surface area contributed by atoms with Gasteiger partial charge in [-0.15, -0.1) is 0 Å². The maximum atomic E-state index is 13.2. The molecule has 178 valence electrons. The highest BCUT2D eigenvalue weighted by atomic mass is 16.5. The van der Waals surface area contributed by atoms with Crippen LogP contribution in [-0.4, -0.2) is 65.9 Å². The predicted molar refractivity (Wildman–Crippen MR) is 123 cm³/mol. The molecule has 0 aromatic heterocycles. The Morgan fingerprint density at radius 3 is 2.21 bits per heavy atom. The van der Waals surface area contributed by atoms with Gasteiger partial charge in [-0.2, -0.15) is 0 Å². The first kappa shape index (κ1) is 22.4. The van der Waals surface area contributed by atoms with Crippen LogP contribution in [0.1, 0.15) is 42.7 Å². The lowest BCUT2D eigenvalue weighted by Crippen LogP contribution is -2.60. The minimum atomic E-state index is -1.41. The molecule has 2 amide bonds. The van der Waals surface area contributed by atoms with Gasteiger partial charge in [-0.3, -0.25) is 4.79 Å². The Balaban J connectivity index is 1.24. The van der Waals surface area contributed by atoms with Crippen molar-refractivity contribution < 1.29 is 29.0 Å². The molecular weight excluding hydrogens is 436 g/mol. The first-order valence-corrected chi connectivity index (χ1v) is 11.6. The van der Waals surface area contributed by atoms with Crippen molar-refractivity contribution in [3.8, 4) is 11.1 Å². The summed E-state index contributed by atoms with van der Waals surface area (Å²) in [7, 11) is 1.35. The zero-order valence-corrected chi connectivity index (χ0v) is 19.1. The Kier molecular flexibility index (Phi) is 5.56. The maximum Gasteiger partial charge on any atom is 0.408 e. The number of fused-ring (bicyclic) bond motifs is 3. The first-order chi connectivity index (χ1) is 16.4. The van der Waals surface area contributed by atoms with Crippen molar-refractivity contribution >= 4 is 18.0 Å². The van der Waals surface area contributed by atoms with Gasteiger partial charge in [0.1, 0.15) is 12.1 Å². The average Bonchev–Trinajstić information content (AvgIpc) is 3.57. The van der Waals surface area contributed by atoms with E-state index in [0.717, 1.165) is 22.3 Å². The molecule has 0 radical (unpaired) electrons. The number of carboxylic acid groups (broad SMARTS) is 1. The van der Waals surface area contributed by atoms with Gasteiger partial charge >= 0.3 is 12.1 Å². The number of ether oxygens (including phenoxy) is 2. The van der Waals surface area contributed by atoms with E-state index in [9.17, 15) is 19.5 Å². The third-order valence-corrected chi connectivity index (χ3v) is 7.37. The Morgan fingerprint density at radius 1 is 1.03 bits per heavy atom. The Bertz CT molecular complexity index is 1100. The van der Waals surface area contributed by atoms with E-state index in [1.165, 1.54) is 12.0 Å². The predicted octanol–water partition coefficient (Wildman–Crippen LogP) is 3.15. The summed E-state index contributed by atoms with van der Waals surface area (Å²) < 4.78 is 10.9. The van der Waals surface area contributed by atoms with Crippen LogP contribution in [0.4, 0.5) is 4.79 Å². The number of piperidine rings is 1. The van der Waals surface area contributed by atoms with E-state index in [2.05, 4.69) is 17.4 Å². The van der Waals surface area contributed by atoms with Crippen LogP contribution in [0.5, 0.6) is 0 Å². The van der Waals surface area contributed by atoms with Crippen molar-refractivity contribution in [2.75, 3.05) is 26.8 Å². The number of amides is 2. The Morgan fingerprint density at radius 2 is 1.65 bits per heavy atom. The van der Waals surface area contributed by atoms with E-state index in [0.29, 0.717) is 32.2 Å². The number of benzene rings is 2. The molecule has 2 fully saturated rings. The van der Waals surface area contributed by atoms with Gasteiger partial charge in [0, 0.05) is 19.6 Å². The number of methoxy groups -OCH3 is 1. The molecule has 2 N–H and O–H groups in total. The SMILES string of the molecule is COC1(C(=O)O)CCCN(C(=O)C2(NC(=O)OCC3c4ccccc4-c4ccccc43)CC2)C1. The van der Waals surface area contributed by atoms with Crippen molar-refractivity contribution in [2.45, 2.75) is 42.7 Å². The summed E-state index contributed by atoms with van der Waals surface area (Å²) in [5, 5.41) is 12.4. The monoisotopic (exact) mass is 464 g/mol. The fourth-order valence-corrected chi connectivity index (χ4v) is 5.27. The molecule has 1 heterocycles. The zero-order chi connectivity index (χ0) is 23.9. The number of nitrogens with one attached hydrogen (secondary N) is 1. The summed E-state index contributed by atoms with van der Waals surface area (Å²) in [6.07, 6.45) is 1.22. The number of likely N-dealkylation sites (tertiary alicyclic amines) is 1. The minimum Gasteiger partial charge on any atom is -0.479 e. The van der Waals surface area contributed by atoms with E-state index in [4.69, 9.17) is 9.47 Å². The molecule has 1 atom stereocenters. The quantitative estimate of drug-likeness (QED) is 0.681. The average molecular weight is 465 g/mol. The summed E-state index contributed by atoms with van der Waals surface area (Å²) in [6.45, 7) is 0.566.